The van der Waals surface area contributed by atoms with Crippen molar-refractivity contribution in [1.29, 1.82) is 0 Å². The summed E-state index contributed by atoms with van der Waals surface area (Å²) >= 11 is 1.29. The van der Waals surface area contributed by atoms with E-state index in [0.717, 1.165) is 0 Å². The summed E-state index contributed by atoms with van der Waals surface area (Å²) in [5.74, 6) is 1.07. The number of Topliss-reactive ketones (excluding diaryl/α,β-unsaturated/α-hetero) is 1. The molecule has 140 valence electrons. The van der Waals surface area contributed by atoms with Crippen LogP contribution in [0.15, 0.2) is 58.5 Å². The summed E-state index contributed by atoms with van der Waals surface area (Å²) in [7, 11) is 1.60. The van der Waals surface area contributed by atoms with Crippen molar-refractivity contribution in [2.24, 2.45) is 5.41 Å². The summed E-state index contributed by atoms with van der Waals surface area (Å²) in [6, 6.07) is 14.5. The van der Waals surface area contributed by atoms with E-state index in [2.05, 4.69) is 4.98 Å². The molecule has 0 amide bonds. The Kier molecular flexibility index (Phi) is 5.37. The first-order valence-electron chi connectivity index (χ1n) is 8.63. The third kappa shape index (κ3) is 4.06. The summed E-state index contributed by atoms with van der Waals surface area (Å²) in [6.45, 7) is 5.67. The first-order chi connectivity index (χ1) is 12.8. The van der Waals surface area contributed by atoms with Gasteiger partial charge < -0.3 is 4.74 Å². The Morgan fingerprint density at radius 2 is 1.78 bits per heavy atom. The number of fused-ring (bicyclic) bond motifs is 1. The topological polar surface area (TPSA) is 61.2 Å². The number of nitrogens with zero attached hydrogens (tertiary/aromatic N) is 2. The molecule has 6 heteroatoms. The summed E-state index contributed by atoms with van der Waals surface area (Å²) in [5, 5.41) is 1.04. The van der Waals surface area contributed by atoms with E-state index >= 15 is 0 Å². The maximum absolute atomic E-state index is 13.1. The van der Waals surface area contributed by atoms with Crippen molar-refractivity contribution in [3.8, 4) is 11.4 Å². The second-order valence-electron chi connectivity index (χ2n) is 7.21. The second kappa shape index (κ2) is 7.56. The van der Waals surface area contributed by atoms with Crippen molar-refractivity contribution >= 4 is 28.4 Å². The van der Waals surface area contributed by atoms with Gasteiger partial charge in [-0.15, -0.1) is 0 Å². The van der Waals surface area contributed by atoms with Crippen LogP contribution in [0.3, 0.4) is 0 Å². The molecule has 5 nitrogen and oxygen atoms in total. The molecule has 0 atom stereocenters. The lowest BCUT2D eigenvalue weighted by Crippen LogP contribution is -2.24. The zero-order valence-electron chi connectivity index (χ0n) is 15.9. The number of para-hydroxylation sites is 1. The van der Waals surface area contributed by atoms with E-state index < -0.39 is 5.41 Å². The quantitative estimate of drug-likeness (QED) is 0.491. The Morgan fingerprint density at radius 3 is 2.41 bits per heavy atom. The number of rotatable bonds is 5. The first kappa shape index (κ1) is 19.2. The third-order valence-electron chi connectivity index (χ3n) is 4.24. The molecule has 3 aromatic rings. The molecule has 0 spiro atoms. The van der Waals surface area contributed by atoms with Gasteiger partial charge >= 0.3 is 0 Å². The van der Waals surface area contributed by atoms with Crippen molar-refractivity contribution < 1.29 is 9.53 Å². The number of ketones is 1. The number of benzene rings is 2. The monoisotopic (exact) mass is 382 g/mol. The third-order valence-corrected chi connectivity index (χ3v) is 5.18. The van der Waals surface area contributed by atoms with Crippen LogP contribution in [0.1, 0.15) is 20.8 Å². The molecule has 0 unspecified atom stereocenters. The molecule has 0 aliphatic heterocycles. The number of aromatic nitrogens is 2. The number of ether oxygens (including phenoxy) is 1. The number of methoxy groups -OCH3 is 1. The van der Waals surface area contributed by atoms with Crippen LogP contribution in [-0.2, 0) is 4.79 Å². The van der Waals surface area contributed by atoms with Gasteiger partial charge in [0.25, 0.3) is 5.56 Å². The van der Waals surface area contributed by atoms with Gasteiger partial charge in [-0.05, 0) is 36.4 Å². The fraction of sp³-hybridized carbons (Fsp3) is 0.286. The Bertz CT molecular complexity index is 1030. The molecule has 0 aliphatic rings. The van der Waals surface area contributed by atoms with Crippen molar-refractivity contribution in [3.63, 3.8) is 0 Å². The predicted octanol–water partition coefficient (Wildman–Crippen LogP) is 4.10. The van der Waals surface area contributed by atoms with Crippen LogP contribution in [-0.4, -0.2) is 28.2 Å². The molecule has 0 bridgehead atoms. The fourth-order valence-corrected chi connectivity index (χ4v) is 3.69. The Morgan fingerprint density at radius 1 is 1.11 bits per heavy atom. The largest absolute Gasteiger partial charge is 0.497 e. The second-order valence-corrected chi connectivity index (χ2v) is 8.15. The van der Waals surface area contributed by atoms with E-state index in [-0.39, 0.29) is 17.1 Å². The van der Waals surface area contributed by atoms with Crippen molar-refractivity contribution in [2.75, 3.05) is 12.9 Å². The molecule has 3 rings (SSSR count). The Labute approximate surface area is 162 Å². The SMILES string of the molecule is COc1ccc(-n2c(SCC(=O)C(C)(C)C)nc3ccccc3c2=O)cc1. The van der Waals surface area contributed by atoms with Crippen LogP contribution in [0.2, 0.25) is 0 Å². The molecule has 0 fully saturated rings. The molecule has 0 radical (unpaired) electrons. The van der Waals surface area contributed by atoms with Gasteiger partial charge in [-0.1, -0.05) is 44.7 Å². The van der Waals surface area contributed by atoms with E-state index in [0.29, 0.717) is 27.5 Å². The van der Waals surface area contributed by atoms with E-state index in [1.54, 1.807) is 29.9 Å². The van der Waals surface area contributed by atoms with Gasteiger partial charge in [-0.3, -0.25) is 14.2 Å². The highest BCUT2D eigenvalue weighted by Crippen LogP contribution is 2.25. The van der Waals surface area contributed by atoms with Gasteiger partial charge in [0.1, 0.15) is 11.5 Å². The minimum Gasteiger partial charge on any atom is -0.497 e. The summed E-state index contributed by atoms with van der Waals surface area (Å²) < 4.78 is 6.76. The smallest absolute Gasteiger partial charge is 0.266 e. The molecule has 0 saturated carbocycles. The Balaban J connectivity index is 2.12. The van der Waals surface area contributed by atoms with Gasteiger partial charge in [0.15, 0.2) is 5.16 Å². The van der Waals surface area contributed by atoms with Gasteiger partial charge in [0.2, 0.25) is 0 Å². The number of carbonyl (C=O) groups excluding carboxylic acids is 1. The zero-order chi connectivity index (χ0) is 19.6. The molecule has 2 aromatic carbocycles. The van der Waals surface area contributed by atoms with Crippen LogP contribution in [0.25, 0.3) is 16.6 Å². The van der Waals surface area contributed by atoms with E-state index in [1.165, 1.54) is 11.8 Å². The van der Waals surface area contributed by atoms with Crippen molar-refractivity contribution in [1.82, 2.24) is 9.55 Å². The lowest BCUT2D eigenvalue weighted by Gasteiger charge is -2.17. The van der Waals surface area contributed by atoms with E-state index in [9.17, 15) is 9.59 Å². The van der Waals surface area contributed by atoms with E-state index in [4.69, 9.17) is 4.74 Å². The minimum atomic E-state index is -0.435. The molecule has 1 aromatic heterocycles. The van der Waals surface area contributed by atoms with Crippen LogP contribution in [0.4, 0.5) is 0 Å². The number of thioether (sulfide) groups is 1. The minimum absolute atomic E-state index is 0.108. The van der Waals surface area contributed by atoms with Crippen LogP contribution >= 0.6 is 11.8 Å². The van der Waals surface area contributed by atoms with Gasteiger partial charge in [-0.25, -0.2) is 4.98 Å². The van der Waals surface area contributed by atoms with Crippen LogP contribution in [0, 0.1) is 5.41 Å². The molecular formula is C21H22N2O3S. The molecular weight excluding hydrogens is 360 g/mol. The summed E-state index contributed by atoms with van der Waals surface area (Å²) in [4.78, 5) is 30.2. The number of hydrogen-bond acceptors (Lipinski definition) is 5. The maximum atomic E-state index is 13.1. The molecule has 1 heterocycles. The average molecular weight is 382 g/mol. The first-order valence-corrected chi connectivity index (χ1v) is 9.62. The normalized spacial score (nSPS) is 11.6. The van der Waals surface area contributed by atoms with Crippen LogP contribution < -0.4 is 10.3 Å². The molecule has 0 saturated heterocycles. The summed E-state index contributed by atoms with van der Waals surface area (Å²) in [6.07, 6.45) is 0. The fourth-order valence-electron chi connectivity index (χ4n) is 2.51. The Hall–Kier alpha value is -2.60. The van der Waals surface area contributed by atoms with Crippen molar-refractivity contribution in [3.05, 3.63) is 58.9 Å². The van der Waals surface area contributed by atoms with Gasteiger partial charge in [0, 0.05) is 5.41 Å². The lowest BCUT2D eigenvalue weighted by atomic mass is 9.92. The van der Waals surface area contributed by atoms with Gasteiger partial charge in [0.05, 0.1) is 29.5 Å². The molecule has 0 aliphatic carbocycles. The highest BCUT2D eigenvalue weighted by atomic mass is 32.2. The maximum Gasteiger partial charge on any atom is 0.266 e. The summed E-state index contributed by atoms with van der Waals surface area (Å²) in [5.41, 5.74) is 0.717. The predicted molar refractivity (Wildman–Crippen MR) is 109 cm³/mol. The molecule has 27 heavy (non-hydrogen) atoms. The van der Waals surface area contributed by atoms with Crippen LogP contribution in [0.5, 0.6) is 5.75 Å². The zero-order valence-corrected chi connectivity index (χ0v) is 16.7. The standard InChI is InChI=1S/C21H22N2O3S/c1-21(2,3)18(24)13-27-20-22-17-8-6-5-7-16(17)19(25)23(20)14-9-11-15(26-4)12-10-14/h5-12H,13H2,1-4H3. The molecule has 0 N–H and O–H groups in total. The number of carbonyl (C=O) groups is 1. The highest BCUT2D eigenvalue weighted by Gasteiger charge is 2.22. The highest BCUT2D eigenvalue weighted by molar-refractivity contribution is 7.99. The van der Waals surface area contributed by atoms with Gasteiger partial charge in [-0.2, -0.15) is 0 Å². The average Bonchev–Trinajstić information content (AvgIpc) is 2.65. The van der Waals surface area contributed by atoms with Crippen molar-refractivity contribution in [2.45, 2.75) is 25.9 Å². The van der Waals surface area contributed by atoms with E-state index in [1.807, 2.05) is 51.1 Å². The lowest BCUT2D eigenvalue weighted by molar-refractivity contribution is -0.123. The number of hydrogen-bond donors (Lipinski definition) is 0.